The number of nitrogens with zero attached hydrogens (tertiary/aromatic N) is 2. The molecular weight excluding hydrogens is 278 g/mol. The Morgan fingerprint density at radius 3 is 2.90 bits per heavy atom. The van der Waals surface area contributed by atoms with Gasteiger partial charge in [0.2, 0.25) is 10.0 Å². The molecule has 7 heteroatoms. The van der Waals surface area contributed by atoms with Crippen molar-refractivity contribution < 1.29 is 13.2 Å². The molecule has 1 aromatic heterocycles. The molecule has 1 aromatic rings. The normalized spacial score (nSPS) is 20.9. The predicted molar refractivity (Wildman–Crippen MR) is 77.0 cm³/mol. The molecule has 1 atom stereocenters. The highest BCUT2D eigenvalue weighted by Crippen LogP contribution is 2.12. The third-order valence-corrected chi connectivity index (χ3v) is 5.16. The van der Waals surface area contributed by atoms with Crippen LogP contribution in [0, 0.1) is 0 Å². The van der Waals surface area contributed by atoms with Gasteiger partial charge < -0.3 is 10.1 Å². The van der Waals surface area contributed by atoms with Crippen LogP contribution in [0.4, 0.5) is 0 Å². The lowest BCUT2D eigenvalue weighted by molar-refractivity contribution is 0.000846. The van der Waals surface area contributed by atoms with E-state index < -0.39 is 10.0 Å². The van der Waals surface area contributed by atoms with Gasteiger partial charge in [-0.05, 0) is 31.2 Å². The van der Waals surface area contributed by atoms with E-state index in [1.807, 2.05) is 19.2 Å². The fourth-order valence-electron chi connectivity index (χ4n) is 2.22. The second-order valence-electron chi connectivity index (χ2n) is 4.83. The van der Waals surface area contributed by atoms with Crippen molar-refractivity contribution >= 4 is 10.0 Å². The van der Waals surface area contributed by atoms with Crippen molar-refractivity contribution in [3.8, 4) is 0 Å². The van der Waals surface area contributed by atoms with Gasteiger partial charge in [0.1, 0.15) is 0 Å². The van der Waals surface area contributed by atoms with E-state index >= 15 is 0 Å². The molecule has 1 aliphatic heterocycles. The van der Waals surface area contributed by atoms with Gasteiger partial charge in [0.25, 0.3) is 0 Å². The van der Waals surface area contributed by atoms with E-state index in [0.29, 0.717) is 32.7 Å². The van der Waals surface area contributed by atoms with E-state index in [1.54, 1.807) is 16.7 Å². The number of likely N-dealkylation sites (N-methyl/N-ethyl adjacent to an activating group) is 1. The molecule has 0 saturated carbocycles. The van der Waals surface area contributed by atoms with Gasteiger partial charge in [0.15, 0.2) is 0 Å². The number of aryl methyl sites for hydroxylation is 1. The Morgan fingerprint density at radius 2 is 2.20 bits per heavy atom. The molecule has 0 bridgehead atoms. The highest BCUT2D eigenvalue weighted by atomic mass is 32.2. The lowest BCUT2D eigenvalue weighted by Gasteiger charge is -2.32. The standard InChI is InChI=1S/C13H21N3O3S/c1-14-10-13-11-16(7-8-19-13)20(17,18)9-4-12-2-5-15-6-3-12/h2-3,5-6,13-14H,4,7-11H2,1H3. The molecule has 1 aliphatic rings. The first-order valence-electron chi connectivity index (χ1n) is 6.75. The van der Waals surface area contributed by atoms with E-state index in [1.165, 1.54) is 0 Å². The molecule has 6 nitrogen and oxygen atoms in total. The van der Waals surface area contributed by atoms with Crippen molar-refractivity contribution in [2.45, 2.75) is 12.5 Å². The van der Waals surface area contributed by atoms with E-state index in [4.69, 9.17) is 4.74 Å². The molecule has 0 amide bonds. The highest BCUT2D eigenvalue weighted by molar-refractivity contribution is 7.89. The molecule has 2 rings (SSSR count). The average molecular weight is 299 g/mol. The first kappa shape index (κ1) is 15.4. The summed E-state index contributed by atoms with van der Waals surface area (Å²) in [6.07, 6.45) is 3.81. The van der Waals surface area contributed by atoms with Crippen molar-refractivity contribution in [1.29, 1.82) is 0 Å². The Labute approximate surface area is 120 Å². The Bertz CT molecular complexity index is 505. The van der Waals surface area contributed by atoms with Crippen LogP contribution in [0.2, 0.25) is 0 Å². The first-order chi connectivity index (χ1) is 9.62. The molecule has 1 N–H and O–H groups in total. The first-order valence-corrected chi connectivity index (χ1v) is 8.35. The maximum atomic E-state index is 12.3. The zero-order chi connectivity index (χ0) is 14.4. The number of morpholine rings is 1. The van der Waals surface area contributed by atoms with Crippen LogP contribution in [0.1, 0.15) is 5.56 Å². The predicted octanol–water partition coefficient (Wildman–Crippen LogP) is -0.126. The van der Waals surface area contributed by atoms with Crippen molar-refractivity contribution in [2.75, 3.05) is 39.0 Å². The van der Waals surface area contributed by atoms with E-state index in [9.17, 15) is 8.42 Å². The highest BCUT2D eigenvalue weighted by Gasteiger charge is 2.28. The summed E-state index contributed by atoms with van der Waals surface area (Å²) in [6.45, 7) is 2.00. The maximum Gasteiger partial charge on any atom is 0.214 e. The lowest BCUT2D eigenvalue weighted by Crippen LogP contribution is -2.49. The maximum absolute atomic E-state index is 12.3. The monoisotopic (exact) mass is 299 g/mol. The Hall–Kier alpha value is -1.02. The average Bonchev–Trinajstić information content (AvgIpc) is 2.47. The van der Waals surface area contributed by atoms with E-state index in [-0.39, 0.29) is 11.9 Å². The third kappa shape index (κ3) is 4.24. The second kappa shape index (κ2) is 7.12. The van der Waals surface area contributed by atoms with Gasteiger partial charge in [-0.3, -0.25) is 4.98 Å². The third-order valence-electron chi connectivity index (χ3n) is 3.32. The molecular formula is C13H21N3O3S. The summed E-state index contributed by atoms with van der Waals surface area (Å²) in [5.74, 6) is 0.128. The molecule has 1 saturated heterocycles. The van der Waals surface area contributed by atoms with Crippen LogP contribution in [-0.4, -0.2) is 62.9 Å². The minimum absolute atomic E-state index is 0.0653. The molecule has 0 spiro atoms. The van der Waals surface area contributed by atoms with Crippen LogP contribution >= 0.6 is 0 Å². The molecule has 0 radical (unpaired) electrons. The summed E-state index contributed by atoms with van der Waals surface area (Å²) in [4.78, 5) is 3.93. The quantitative estimate of drug-likeness (QED) is 0.792. The minimum atomic E-state index is -3.23. The lowest BCUT2D eigenvalue weighted by atomic mass is 10.2. The molecule has 112 valence electrons. The SMILES string of the molecule is CNCC1CN(S(=O)(=O)CCc2ccncc2)CCO1. The number of ether oxygens (including phenoxy) is 1. The fourth-order valence-corrected chi connectivity index (χ4v) is 3.72. The van der Waals surface area contributed by atoms with Gasteiger partial charge in [-0.25, -0.2) is 8.42 Å². The van der Waals surface area contributed by atoms with Crippen molar-refractivity contribution in [3.05, 3.63) is 30.1 Å². The number of rotatable bonds is 6. The van der Waals surface area contributed by atoms with Crippen LogP contribution in [-0.2, 0) is 21.2 Å². The van der Waals surface area contributed by atoms with Crippen LogP contribution in [0.25, 0.3) is 0 Å². The number of hydrogen-bond donors (Lipinski definition) is 1. The zero-order valence-corrected chi connectivity index (χ0v) is 12.5. The van der Waals surface area contributed by atoms with Gasteiger partial charge in [-0.2, -0.15) is 4.31 Å². The van der Waals surface area contributed by atoms with Gasteiger partial charge in [-0.1, -0.05) is 0 Å². The Morgan fingerprint density at radius 1 is 1.45 bits per heavy atom. The van der Waals surface area contributed by atoms with Crippen molar-refractivity contribution in [1.82, 2.24) is 14.6 Å². The smallest absolute Gasteiger partial charge is 0.214 e. The molecule has 2 heterocycles. The Balaban J connectivity index is 1.92. The van der Waals surface area contributed by atoms with E-state index in [0.717, 1.165) is 5.56 Å². The van der Waals surface area contributed by atoms with Crippen LogP contribution in [0.5, 0.6) is 0 Å². The topological polar surface area (TPSA) is 71.5 Å². The minimum Gasteiger partial charge on any atom is -0.374 e. The molecule has 1 unspecified atom stereocenters. The van der Waals surface area contributed by atoms with Crippen LogP contribution in [0.3, 0.4) is 0 Å². The van der Waals surface area contributed by atoms with Crippen LogP contribution < -0.4 is 5.32 Å². The van der Waals surface area contributed by atoms with Gasteiger partial charge in [0, 0.05) is 32.0 Å². The van der Waals surface area contributed by atoms with Gasteiger partial charge >= 0.3 is 0 Å². The Kier molecular flexibility index (Phi) is 5.47. The summed E-state index contributed by atoms with van der Waals surface area (Å²) in [5.41, 5.74) is 0.989. The summed E-state index contributed by atoms with van der Waals surface area (Å²) >= 11 is 0. The number of hydrogen-bond acceptors (Lipinski definition) is 5. The van der Waals surface area contributed by atoms with Crippen molar-refractivity contribution in [2.24, 2.45) is 0 Å². The summed E-state index contributed by atoms with van der Waals surface area (Å²) in [7, 11) is -1.39. The molecule has 0 aromatic carbocycles. The number of sulfonamides is 1. The molecule has 1 fully saturated rings. The largest absolute Gasteiger partial charge is 0.374 e. The summed E-state index contributed by atoms with van der Waals surface area (Å²) in [6, 6.07) is 3.69. The van der Waals surface area contributed by atoms with Crippen LogP contribution in [0.15, 0.2) is 24.5 Å². The van der Waals surface area contributed by atoms with Gasteiger partial charge in [0.05, 0.1) is 18.5 Å². The molecule has 0 aliphatic carbocycles. The summed E-state index contributed by atoms with van der Waals surface area (Å²) in [5, 5.41) is 3.01. The fraction of sp³-hybridized carbons (Fsp3) is 0.615. The number of aromatic nitrogens is 1. The van der Waals surface area contributed by atoms with Crippen molar-refractivity contribution in [3.63, 3.8) is 0 Å². The zero-order valence-electron chi connectivity index (χ0n) is 11.7. The molecule has 20 heavy (non-hydrogen) atoms. The second-order valence-corrected chi connectivity index (χ2v) is 6.92. The van der Waals surface area contributed by atoms with E-state index in [2.05, 4.69) is 10.3 Å². The summed E-state index contributed by atoms with van der Waals surface area (Å²) < 4.78 is 31.8. The van der Waals surface area contributed by atoms with Gasteiger partial charge in [-0.15, -0.1) is 0 Å². The number of pyridine rings is 1. The number of nitrogens with one attached hydrogen (secondary N) is 1.